The number of benzene rings is 2. The summed E-state index contributed by atoms with van der Waals surface area (Å²) in [5.41, 5.74) is 1.72. The summed E-state index contributed by atoms with van der Waals surface area (Å²) in [6.45, 7) is 10.3. The molecule has 1 fully saturated rings. The fraction of sp³-hybridized carbons (Fsp3) is 0.409. The van der Waals surface area contributed by atoms with E-state index in [1.54, 1.807) is 13.8 Å². The predicted molar refractivity (Wildman–Crippen MR) is 126 cm³/mol. The van der Waals surface area contributed by atoms with Gasteiger partial charge in [-0.15, -0.1) is 0 Å². The van der Waals surface area contributed by atoms with Crippen LogP contribution in [0.4, 0.5) is 11.4 Å². The van der Waals surface area contributed by atoms with Crippen molar-refractivity contribution < 1.29 is 13.2 Å². The molecule has 9 heteroatoms. The Balaban J connectivity index is 1.84. The van der Waals surface area contributed by atoms with Gasteiger partial charge < -0.3 is 15.1 Å². The standard InChI is InChI=1S/C22H29ClN4O3S/c1-4-26-11-13-27(14-12-26)21-8-6-5-7-20(21)24-22(28)18-15-17(9-10-19(18)23)31(29,30)25-16(2)3/h5-10,15-16,25H,4,11-14H2,1-3H3,(H,24,28). The average molecular weight is 465 g/mol. The molecule has 0 radical (unpaired) electrons. The molecule has 0 unspecified atom stereocenters. The molecule has 1 saturated heterocycles. The van der Waals surface area contributed by atoms with Crippen molar-refractivity contribution in [3.63, 3.8) is 0 Å². The van der Waals surface area contributed by atoms with Crippen LogP contribution < -0.4 is 14.9 Å². The summed E-state index contributed by atoms with van der Waals surface area (Å²) in [4.78, 5) is 17.7. The molecule has 2 aromatic rings. The minimum Gasteiger partial charge on any atom is -0.367 e. The van der Waals surface area contributed by atoms with Gasteiger partial charge in [0.2, 0.25) is 10.0 Å². The summed E-state index contributed by atoms with van der Waals surface area (Å²) in [5, 5.41) is 3.11. The molecule has 0 atom stereocenters. The van der Waals surface area contributed by atoms with E-state index in [2.05, 4.69) is 26.8 Å². The quantitative estimate of drug-likeness (QED) is 0.656. The zero-order valence-electron chi connectivity index (χ0n) is 18.1. The van der Waals surface area contributed by atoms with Gasteiger partial charge >= 0.3 is 0 Å². The fourth-order valence-corrected chi connectivity index (χ4v) is 5.05. The van der Waals surface area contributed by atoms with Crippen LogP contribution in [0.1, 0.15) is 31.1 Å². The molecule has 7 nitrogen and oxygen atoms in total. The number of para-hydroxylation sites is 2. The lowest BCUT2D eigenvalue weighted by molar-refractivity contribution is 0.102. The molecule has 0 aliphatic carbocycles. The number of carbonyl (C=O) groups is 1. The molecule has 31 heavy (non-hydrogen) atoms. The summed E-state index contributed by atoms with van der Waals surface area (Å²) >= 11 is 6.24. The first-order valence-electron chi connectivity index (χ1n) is 10.4. The van der Waals surface area contributed by atoms with Crippen molar-refractivity contribution in [2.24, 2.45) is 0 Å². The van der Waals surface area contributed by atoms with Crippen molar-refractivity contribution in [3.8, 4) is 0 Å². The first-order valence-corrected chi connectivity index (χ1v) is 12.3. The van der Waals surface area contributed by atoms with Gasteiger partial charge in [0.15, 0.2) is 0 Å². The molecule has 2 N–H and O–H groups in total. The third-order valence-electron chi connectivity index (χ3n) is 5.20. The van der Waals surface area contributed by atoms with Crippen LogP contribution in [-0.2, 0) is 10.0 Å². The molecule has 0 bridgehead atoms. The maximum absolute atomic E-state index is 13.0. The number of hydrogen-bond acceptors (Lipinski definition) is 5. The van der Waals surface area contributed by atoms with Crippen LogP contribution in [0, 0.1) is 0 Å². The SMILES string of the molecule is CCN1CCN(c2ccccc2NC(=O)c2cc(S(=O)(=O)NC(C)C)ccc2Cl)CC1. The normalized spacial score (nSPS) is 15.3. The maximum atomic E-state index is 13.0. The largest absolute Gasteiger partial charge is 0.367 e. The number of piperazine rings is 1. The zero-order chi connectivity index (χ0) is 22.6. The van der Waals surface area contributed by atoms with Crippen LogP contribution in [0.15, 0.2) is 47.4 Å². The summed E-state index contributed by atoms with van der Waals surface area (Å²) < 4.78 is 27.5. The van der Waals surface area contributed by atoms with Crippen molar-refractivity contribution in [2.75, 3.05) is 42.9 Å². The number of nitrogens with zero attached hydrogens (tertiary/aromatic N) is 2. The number of rotatable bonds is 7. The van der Waals surface area contributed by atoms with Crippen LogP contribution in [0.5, 0.6) is 0 Å². The summed E-state index contributed by atoms with van der Waals surface area (Å²) in [7, 11) is -3.74. The first kappa shape index (κ1) is 23.5. The van der Waals surface area contributed by atoms with E-state index < -0.39 is 15.9 Å². The summed E-state index contributed by atoms with van der Waals surface area (Å²) in [5.74, 6) is -0.453. The predicted octanol–water partition coefficient (Wildman–Crippen LogP) is 3.42. The Kier molecular flexibility index (Phi) is 7.59. The Morgan fingerprint density at radius 1 is 1.10 bits per heavy atom. The topological polar surface area (TPSA) is 81.8 Å². The van der Waals surface area contributed by atoms with Crippen LogP contribution in [-0.4, -0.2) is 58.0 Å². The smallest absolute Gasteiger partial charge is 0.257 e. The Hall–Kier alpha value is -2.13. The molecule has 1 aliphatic heterocycles. The van der Waals surface area contributed by atoms with Gasteiger partial charge in [0, 0.05) is 32.2 Å². The van der Waals surface area contributed by atoms with Gasteiger partial charge in [0.05, 0.1) is 26.9 Å². The van der Waals surface area contributed by atoms with Crippen LogP contribution in [0.3, 0.4) is 0 Å². The van der Waals surface area contributed by atoms with E-state index in [0.717, 1.165) is 38.4 Å². The number of amides is 1. The molecule has 0 saturated carbocycles. The van der Waals surface area contributed by atoms with Gasteiger partial charge in [0.25, 0.3) is 5.91 Å². The number of halogens is 1. The molecule has 0 spiro atoms. The molecule has 1 amide bonds. The minimum atomic E-state index is -3.74. The molecule has 0 aromatic heterocycles. The van der Waals surface area contributed by atoms with Gasteiger partial charge in [-0.25, -0.2) is 13.1 Å². The molecular formula is C22H29ClN4O3S. The van der Waals surface area contributed by atoms with E-state index in [1.165, 1.54) is 18.2 Å². The lowest BCUT2D eigenvalue weighted by Crippen LogP contribution is -2.46. The first-order chi connectivity index (χ1) is 14.7. The van der Waals surface area contributed by atoms with Crippen molar-refractivity contribution in [1.82, 2.24) is 9.62 Å². The highest BCUT2D eigenvalue weighted by Crippen LogP contribution is 2.28. The van der Waals surface area contributed by atoms with E-state index >= 15 is 0 Å². The van der Waals surface area contributed by atoms with Crippen molar-refractivity contribution in [1.29, 1.82) is 0 Å². The second-order valence-electron chi connectivity index (χ2n) is 7.81. The Labute approximate surface area is 189 Å². The second kappa shape index (κ2) is 9.99. The highest BCUT2D eigenvalue weighted by Gasteiger charge is 2.22. The van der Waals surface area contributed by atoms with Gasteiger partial charge in [-0.2, -0.15) is 0 Å². The molecule has 1 aliphatic rings. The zero-order valence-corrected chi connectivity index (χ0v) is 19.6. The lowest BCUT2D eigenvalue weighted by atomic mass is 10.1. The van der Waals surface area contributed by atoms with Gasteiger partial charge in [-0.05, 0) is 50.7 Å². The second-order valence-corrected chi connectivity index (χ2v) is 9.93. The minimum absolute atomic E-state index is 0.000257. The molecule has 1 heterocycles. The number of sulfonamides is 1. The number of hydrogen-bond donors (Lipinski definition) is 2. The highest BCUT2D eigenvalue weighted by atomic mass is 35.5. The number of likely N-dealkylation sites (N-methyl/N-ethyl adjacent to an activating group) is 1. The van der Waals surface area contributed by atoms with Crippen molar-refractivity contribution >= 4 is 38.9 Å². The van der Waals surface area contributed by atoms with Crippen LogP contribution in [0.2, 0.25) is 5.02 Å². The Morgan fingerprint density at radius 3 is 2.42 bits per heavy atom. The van der Waals surface area contributed by atoms with E-state index in [4.69, 9.17) is 11.6 Å². The fourth-order valence-electron chi connectivity index (χ4n) is 3.57. The van der Waals surface area contributed by atoms with Gasteiger partial charge in [-0.1, -0.05) is 30.7 Å². The summed E-state index contributed by atoms with van der Waals surface area (Å²) in [6, 6.07) is 11.5. The third kappa shape index (κ3) is 5.77. The van der Waals surface area contributed by atoms with Crippen molar-refractivity contribution in [3.05, 3.63) is 53.1 Å². The number of carbonyl (C=O) groups excluding carboxylic acids is 1. The monoisotopic (exact) mass is 464 g/mol. The van der Waals surface area contributed by atoms with Crippen LogP contribution >= 0.6 is 11.6 Å². The van der Waals surface area contributed by atoms with Gasteiger partial charge in [0.1, 0.15) is 0 Å². The Bertz CT molecular complexity index is 1030. The lowest BCUT2D eigenvalue weighted by Gasteiger charge is -2.36. The highest BCUT2D eigenvalue weighted by molar-refractivity contribution is 7.89. The molecule has 2 aromatic carbocycles. The maximum Gasteiger partial charge on any atom is 0.257 e. The number of nitrogens with one attached hydrogen (secondary N) is 2. The average Bonchev–Trinajstić information content (AvgIpc) is 2.73. The van der Waals surface area contributed by atoms with Crippen LogP contribution in [0.25, 0.3) is 0 Å². The number of anilines is 2. The van der Waals surface area contributed by atoms with Gasteiger partial charge in [-0.3, -0.25) is 4.79 Å². The Morgan fingerprint density at radius 2 is 1.77 bits per heavy atom. The molecule has 168 valence electrons. The van der Waals surface area contributed by atoms with E-state index in [-0.39, 0.29) is 21.5 Å². The summed E-state index contributed by atoms with van der Waals surface area (Å²) in [6.07, 6.45) is 0. The molecule has 3 rings (SSSR count). The van der Waals surface area contributed by atoms with E-state index in [9.17, 15) is 13.2 Å². The van der Waals surface area contributed by atoms with Crippen molar-refractivity contribution in [2.45, 2.75) is 31.7 Å². The van der Waals surface area contributed by atoms with E-state index in [0.29, 0.717) is 5.69 Å². The third-order valence-corrected chi connectivity index (χ3v) is 7.18. The molecular weight excluding hydrogens is 436 g/mol. The van der Waals surface area contributed by atoms with E-state index in [1.807, 2.05) is 24.3 Å².